The summed E-state index contributed by atoms with van der Waals surface area (Å²) in [5.74, 6) is 5.94. The normalized spacial score (nSPS) is 12.7. The summed E-state index contributed by atoms with van der Waals surface area (Å²) in [6, 6.07) is 8.30. The predicted octanol–water partition coefficient (Wildman–Crippen LogP) is 4.85. The number of anilines is 1. The number of nitrogens with two attached hydrogens (primary N) is 2. The number of ether oxygens (including phenoxy) is 1. The number of hydrogen-bond donors (Lipinski definition) is 3. The molecule has 3 aromatic rings. The number of aliphatic hydroxyl groups excluding tert-OH is 1. The Kier molecular flexibility index (Phi) is 10.9. The van der Waals surface area contributed by atoms with Crippen molar-refractivity contribution in [3.63, 3.8) is 0 Å². The molecule has 0 bridgehead atoms. The van der Waals surface area contributed by atoms with Crippen molar-refractivity contribution in [1.29, 1.82) is 0 Å². The van der Waals surface area contributed by atoms with Gasteiger partial charge in [-0.1, -0.05) is 31.7 Å². The molecule has 0 aliphatic rings. The first kappa shape index (κ1) is 30.7. The van der Waals surface area contributed by atoms with E-state index in [4.69, 9.17) is 16.3 Å². The van der Waals surface area contributed by atoms with Crippen LogP contribution in [0.1, 0.15) is 43.4 Å². The maximum atomic E-state index is 14.7. The van der Waals surface area contributed by atoms with Crippen LogP contribution < -0.4 is 17.1 Å². The Morgan fingerprint density at radius 3 is 2.71 bits per heavy atom. The first-order valence-corrected chi connectivity index (χ1v) is 13.1. The lowest BCUT2D eigenvalue weighted by Crippen LogP contribution is -2.22. The van der Waals surface area contributed by atoms with Gasteiger partial charge in [-0.25, -0.2) is 14.4 Å². The average Bonchev–Trinajstić information content (AvgIpc) is 2.97. The summed E-state index contributed by atoms with van der Waals surface area (Å²) in [5.41, 5.74) is 8.84. The molecule has 0 fully saturated rings. The van der Waals surface area contributed by atoms with Crippen LogP contribution in [-0.4, -0.2) is 39.1 Å². The number of hydrogen-bond acceptors (Lipinski definition) is 8. The second-order valence-corrected chi connectivity index (χ2v) is 8.91. The zero-order valence-corrected chi connectivity index (χ0v) is 23.5. The topological polar surface area (TPSA) is 142 Å². The van der Waals surface area contributed by atoms with E-state index in [1.54, 1.807) is 44.5 Å². The van der Waals surface area contributed by atoms with Crippen LogP contribution in [0.4, 0.5) is 10.3 Å². The van der Waals surface area contributed by atoms with E-state index in [2.05, 4.69) is 21.6 Å². The standard InChI is InChI=1S/C31H35FN6O3/c1-5-10-26(32)24-14-9-17-38(30(24)40)27-15-8-13-23(22(27)16-18-39)29-25(19-35-31(33)36-29)28(37-34)20(3)11-7-12-21(6-2)41-4/h6-10,12-15,17,19,39H,3,5,11,16,18,34H2,1-2,4H3,(H2,33,35,36)/b12-7-,21-6+,26-10+,37-28-. The highest BCUT2D eigenvalue weighted by Gasteiger charge is 2.21. The number of aliphatic hydroxyl groups is 1. The fraction of sp³-hybridized carbons (Fsp3) is 0.226. The van der Waals surface area contributed by atoms with Crippen LogP contribution in [0.15, 0.2) is 94.8 Å². The van der Waals surface area contributed by atoms with E-state index < -0.39 is 11.4 Å². The summed E-state index contributed by atoms with van der Waals surface area (Å²) in [4.78, 5) is 22.0. The van der Waals surface area contributed by atoms with Crippen molar-refractivity contribution in [3.05, 3.63) is 112 Å². The number of halogens is 1. The first-order valence-electron chi connectivity index (χ1n) is 13.1. The lowest BCUT2D eigenvalue weighted by atomic mass is 9.93. The summed E-state index contributed by atoms with van der Waals surface area (Å²) in [5, 5.41) is 14.0. The van der Waals surface area contributed by atoms with Gasteiger partial charge in [0.1, 0.15) is 11.6 Å². The summed E-state index contributed by atoms with van der Waals surface area (Å²) in [7, 11) is 1.58. The van der Waals surface area contributed by atoms with Gasteiger partial charge in [-0.2, -0.15) is 5.10 Å². The Morgan fingerprint density at radius 2 is 2.05 bits per heavy atom. The van der Waals surface area contributed by atoms with Gasteiger partial charge in [0.2, 0.25) is 5.95 Å². The zero-order valence-electron chi connectivity index (χ0n) is 23.5. The number of benzene rings is 1. The number of nitrogens with zero attached hydrogens (tertiary/aromatic N) is 4. The van der Waals surface area contributed by atoms with E-state index in [9.17, 15) is 14.3 Å². The van der Waals surface area contributed by atoms with Crippen LogP contribution in [-0.2, 0) is 11.2 Å². The van der Waals surface area contributed by atoms with Gasteiger partial charge in [-0.3, -0.25) is 9.36 Å². The Balaban J connectivity index is 2.20. The molecular weight excluding hydrogens is 523 g/mol. The van der Waals surface area contributed by atoms with Crippen molar-refractivity contribution in [1.82, 2.24) is 14.5 Å². The van der Waals surface area contributed by atoms with Crippen LogP contribution >= 0.6 is 0 Å². The molecule has 5 N–H and O–H groups in total. The van der Waals surface area contributed by atoms with E-state index in [1.165, 1.54) is 22.9 Å². The van der Waals surface area contributed by atoms with Crippen molar-refractivity contribution < 1.29 is 14.2 Å². The van der Waals surface area contributed by atoms with Gasteiger partial charge >= 0.3 is 0 Å². The van der Waals surface area contributed by atoms with Crippen LogP contribution in [0.2, 0.25) is 0 Å². The molecule has 0 spiro atoms. The molecule has 0 saturated heterocycles. The molecule has 3 rings (SSSR count). The number of aromatic nitrogens is 3. The molecule has 0 unspecified atom stereocenters. The smallest absolute Gasteiger partial charge is 0.265 e. The maximum Gasteiger partial charge on any atom is 0.265 e. The van der Waals surface area contributed by atoms with E-state index in [0.717, 1.165) is 0 Å². The summed E-state index contributed by atoms with van der Waals surface area (Å²) < 4.78 is 21.3. The molecule has 10 heteroatoms. The predicted molar refractivity (Wildman–Crippen MR) is 162 cm³/mol. The largest absolute Gasteiger partial charge is 0.497 e. The highest BCUT2D eigenvalue weighted by atomic mass is 19.1. The van der Waals surface area contributed by atoms with Gasteiger partial charge in [0.25, 0.3) is 5.56 Å². The second-order valence-electron chi connectivity index (χ2n) is 8.91. The minimum Gasteiger partial charge on any atom is -0.497 e. The fourth-order valence-corrected chi connectivity index (χ4v) is 4.37. The number of allylic oxidation sites excluding steroid dienone is 5. The van der Waals surface area contributed by atoms with Gasteiger partial charge in [0, 0.05) is 30.1 Å². The zero-order chi connectivity index (χ0) is 29.9. The van der Waals surface area contributed by atoms with Crippen LogP contribution in [0.5, 0.6) is 0 Å². The minimum atomic E-state index is -0.596. The van der Waals surface area contributed by atoms with Crippen LogP contribution in [0.3, 0.4) is 0 Å². The third-order valence-electron chi connectivity index (χ3n) is 6.31. The quantitative estimate of drug-likeness (QED) is 0.0949. The maximum absolute atomic E-state index is 14.7. The van der Waals surface area contributed by atoms with Crippen molar-refractivity contribution in [2.45, 2.75) is 33.1 Å². The molecule has 0 aliphatic carbocycles. The highest BCUT2D eigenvalue weighted by Crippen LogP contribution is 2.32. The lowest BCUT2D eigenvalue weighted by molar-refractivity contribution is 0.299. The highest BCUT2D eigenvalue weighted by molar-refractivity contribution is 6.15. The molecule has 2 heterocycles. The van der Waals surface area contributed by atoms with Crippen LogP contribution in [0.25, 0.3) is 22.8 Å². The number of nitrogen functional groups attached to an aromatic ring is 1. The summed E-state index contributed by atoms with van der Waals surface area (Å²) in [6.45, 7) is 7.58. The third kappa shape index (κ3) is 7.03. The van der Waals surface area contributed by atoms with E-state index in [-0.39, 0.29) is 24.5 Å². The van der Waals surface area contributed by atoms with Gasteiger partial charge < -0.3 is 21.4 Å². The fourth-order valence-electron chi connectivity index (χ4n) is 4.37. The summed E-state index contributed by atoms with van der Waals surface area (Å²) >= 11 is 0. The molecule has 0 atom stereocenters. The number of rotatable bonds is 12. The average molecular weight is 559 g/mol. The number of pyridine rings is 1. The van der Waals surface area contributed by atoms with E-state index >= 15 is 0 Å². The Hall–Kier alpha value is -4.83. The molecule has 0 radical (unpaired) electrons. The van der Waals surface area contributed by atoms with Crippen molar-refractivity contribution >= 4 is 17.5 Å². The first-order chi connectivity index (χ1) is 19.8. The molecule has 41 heavy (non-hydrogen) atoms. The molecule has 0 saturated carbocycles. The van der Waals surface area contributed by atoms with Gasteiger partial charge in [-0.05, 0) is 73.7 Å². The van der Waals surface area contributed by atoms with E-state index in [1.807, 2.05) is 25.2 Å². The Bertz CT molecular complexity index is 1590. The lowest BCUT2D eigenvalue weighted by Gasteiger charge is -2.19. The molecule has 9 nitrogen and oxygen atoms in total. The van der Waals surface area contributed by atoms with Crippen molar-refractivity contribution in [3.8, 4) is 16.9 Å². The number of methoxy groups -OCH3 is 1. The minimum absolute atomic E-state index is 0.00902. The van der Waals surface area contributed by atoms with Crippen molar-refractivity contribution in [2.24, 2.45) is 10.9 Å². The Morgan fingerprint density at radius 1 is 1.27 bits per heavy atom. The SMILES string of the molecule is C=C(C/C=C\C(=C/C)OC)/C(=N/N)c1cnc(N)nc1-c1cccc(-n2cccc(/C(F)=C\CC)c2=O)c1CCO. The molecule has 0 aliphatic heterocycles. The van der Waals surface area contributed by atoms with E-state index in [0.29, 0.717) is 58.0 Å². The molecule has 0 amide bonds. The molecule has 1 aromatic carbocycles. The van der Waals surface area contributed by atoms with Gasteiger partial charge in [0.15, 0.2) is 0 Å². The molecule has 214 valence electrons. The Labute approximate surface area is 238 Å². The molecule has 2 aromatic heterocycles. The third-order valence-corrected chi connectivity index (χ3v) is 6.31. The second kappa shape index (κ2) is 14.5. The van der Waals surface area contributed by atoms with Crippen molar-refractivity contribution in [2.75, 3.05) is 19.5 Å². The van der Waals surface area contributed by atoms with Gasteiger partial charge in [-0.15, -0.1) is 0 Å². The van der Waals surface area contributed by atoms with Crippen LogP contribution in [0, 0.1) is 0 Å². The monoisotopic (exact) mass is 558 g/mol. The number of hydrazone groups is 1. The molecular formula is C31H35FN6O3. The summed E-state index contributed by atoms with van der Waals surface area (Å²) in [6.07, 6.45) is 10.9. The van der Waals surface area contributed by atoms with Gasteiger partial charge in [0.05, 0.1) is 29.8 Å².